The number of carbonyl (C=O) groups excluding carboxylic acids is 4. The first-order chi connectivity index (χ1) is 11.9. The molecule has 1 saturated carbocycles. The lowest BCUT2D eigenvalue weighted by molar-refractivity contribution is -0.161. The molecule has 0 bridgehead atoms. The van der Waals surface area contributed by atoms with Gasteiger partial charge in [0.05, 0.1) is 19.6 Å². The SMILES string of the molecule is CCOC(=O)[C@H]1C(=O)CC(=O)[C@@H](C(=O)OCC)C1c1ccc(O)cc1. The van der Waals surface area contributed by atoms with Crippen LogP contribution in [0.15, 0.2) is 24.3 Å². The Morgan fingerprint density at radius 1 is 0.960 bits per heavy atom. The Kier molecular flexibility index (Phi) is 5.90. The minimum Gasteiger partial charge on any atom is -0.508 e. The molecule has 1 aromatic carbocycles. The summed E-state index contributed by atoms with van der Waals surface area (Å²) in [6.45, 7) is 3.36. The molecule has 1 unspecified atom stereocenters. The maximum absolute atomic E-state index is 12.4. The number of aromatic hydroxyl groups is 1. The number of esters is 2. The summed E-state index contributed by atoms with van der Waals surface area (Å²) in [5.41, 5.74) is 0.412. The lowest BCUT2D eigenvalue weighted by Gasteiger charge is -2.33. The molecule has 1 aromatic rings. The van der Waals surface area contributed by atoms with Gasteiger partial charge in [0, 0.05) is 5.92 Å². The van der Waals surface area contributed by atoms with Crippen molar-refractivity contribution in [1.29, 1.82) is 0 Å². The summed E-state index contributed by atoms with van der Waals surface area (Å²) in [5, 5.41) is 9.46. The number of Topliss-reactive ketones (excluding diaryl/α,β-unsaturated/α-hetero) is 2. The summed E-state index contributed by atoms with van der Waals surface area (Å²) < 4.78 is 9.96. The van der Waals surface area contributed by atoms with Gasteiger partial charge in [0.1, 0.15) is 17.6 Å². The van der Waals surface area contributed by atoms with Crippen LogP contribution in [-0.4, -0.2) is 41.8 Å². The van der Waals surface area contributed by atoms with Crippen molar-refractivity contribution >= 4 is 23.5 Å². The molecular formula is C18H20O7. The average Bonchev–Trinajstić information content (AvgIpc) is 2.55. The van der Waals surface area contributed by atoms with Gasteiger partial charge in [-0.3, -0.25) is 19.2 Å². The van der Waals surface area contributed by atoms with E-state index in [4.69, 9.17) is 9.47 Å². The first kappa shape index (κ1) is 18.6. The third-order valence-corrected chi connectivity index (χ3v) is 4.12. The van der Waals surface area contributed by atoms with Crippen LogP contribution < -0.4 is 0 Å². The molecule has 2 rings (SSSR count). The van der Waals surface area contributed by atoms with Gasteiger partial charge < -0.3 is 14.6 Å². The number of carbonyl (C=O) groups is 4. The van der Waals surface area contributed by atoms with Gasteiger partial charge in [0.2, 0.25) is 0 Å². The Balaban J connectivity index is 2.53. The summed E-state index contributed by atoms with van der Waals surface area (Å²) in [6, 6.07) is 5.68. The predicted molar refractivity (Wildman–Crippen MR) is 85.7 cm³/mol. The highest BCUT2D eigenvalue weighted by Crippen LogP contribution is 2.40. The first-order valence-corrected chi connectivity index (χ1v) is 8.08. The topological polar surface area (TPSA) is 107 Å². The number of rotatable bonds is 5. The maximum atomic E-state index is 12.4. The number of ketones is 2. The third-order valence-electron chi connectivity index (χ3n) is 4.12. The zero-order valence-corrected chi connectivity index (χ0v) is 14.1. The first-order valence-electron chi connectivity index (χ1n) is 8.08. The van der Waals surface area contributed by atoms with E-state index in [1.165, 1.54) is 24.3 Å². The van der Waals surface area contributed by atoms with Crippen LogP contribution >= 0.6 is 0 Å². The molecule has 3 atom stereocenters. The van der Waals surface area contributed by atoms with Crippen LogP contribution in [0.3, 0.4) is 0 Å². The van der Waals surface area contributed by atoms with Gasteiger partial charge in [-0.2, -0.15) is 0 Å². The lowest BCUT2D eigenvalue weighted by Crippen LogP contribution is -2.47. The van der Waals surface area contributed by atoms with Crippen LogP contribution in [0.4, 0.5) is 0 Å². The van der Waals surface area contributed by atoms with E-state index in [1.54, 1.807) is 13.8 Å². The van der Waals surface area contributed by atoms with Gasteiger partial charge in [0.25, 0.3) is 0 Å². The second-order valence-electron chi connectivity index (χ2n) is 5.69. The van der Waals surface area contributed by atoms with E-state index < -0.39 is 47.7 Å². The van der Waals surface area contributed by atoms with Gasteiger partial charge in [0.15, 0.2) is 11.6 Å². The van der Waals surface area contributed by atoms with E-state index in [-0.39, 0.29) is 19.0 Å². The van der Waals surface area contributed by atoms with Crippen LogP contribution in [0, 0.1) is 11.8 Å². The van der Waals surface area contributed by atoms with E-state index in [0.717, 1.165) is 0 Å². The molecule has 0 aromatic heterocycles. The number of hydrogen-bond acceptors (Lipinski definition) is 7. The quantitative estimate of drug-likeness (QED) is 0.632. The van der Waals surface area contributed by atoms with Crippen LogP contribution in [-0.2, 0) is 28.7 Å². The third kappa shape index (κ3) is 3.87. The largest absolute Gasteiger partial charge is 0.508 e. The Labute approximate surface area is 144 Å². The second kappa shape index (κ2) is 7.92. The Bertz CT molecular complexity index is 641. The van der Waals surface area contributed by atoms with E-state index >= 15 is 0 Å². The highest BCUT2D eigenvalue weighted by Gasteiger charge is 2.52. The molecule has 1 N–H and O–H groups in total. The zero-order valence-electron chi connectivity index (χ0n) is 14.1. The lowest BCUT2D eigenvalue weighted by atomic mass is 9.67. The smallest absolute Gasteiger partial charge is 0.317 e. The minimum atomic E-state index is -1.27. The molecular weight excluding hydrogens is 328 g/mol. The van der Waals surface area contributed by atoms with Crippen LogP contribution in [0.2, 0.25) is 0 Å². The fraction of sp³-hybridized carbons (Fsp3) is 0.444. The standard InChI is InChI=1S/C18H20O7/c1-3-24-17(22)15-12(20)9-13(21)16(18(23)25-4-2)14(15)10-5-7-11(19)8-6-10/h5-8,14-16,19H,3-4,9H2,1-2H3/t14?,15-,16+. The highest BCUT2D eigenvalue weighted by molar-refractivity contribution is 6.16. The molecule has 7 nitrogen and oxygen atoms in total. The maximum Gasteiger partial charge on any atom is 0.317 e. The minimum absolute atomic E-state index is 0.0161. The summed E-state index contributed by atoms with van der Waals surface area (Å²) in [6.07, 6.45) is -0.512. The van der Waals surface area contributed by atoms with Crippen molar-refractivity contribution in [3.8, 4) is 5.75 Å². The number of phenols is 1. The molecule has 0 heterocycles. The van der Waals surface area contributed by atoms with Gasteiger partial charge in [-0.15, -0.1) is 0 Å². The Hall–Kier alpha value is -2.70. The number of phenolic OH excluding ortho intramolecular Hbond substituents is 1. The summed E-state index contributed by atoms with van der Waals surface area (Å²) in [4.78, 5) is 49.4. The summed E-state index contributed by atoms with van der Waals surface area (Å²) in [5.74, 6) is -6.28. The molecule has 1 aliphatic rings. The fourth-order valence-corrected chi connectivity index (χ4v) is 3.09. The molecule has 0 saturated heterocycles. The molecule has 0 spiro atoms. The molecule has 1 aliphatic carbocycles. The average molecular weight is 348 g/mol. The summed E-state index contributed by atoms with van der Waals surface area (Å²) >= 11 is 0. The fourth-order valence-electron chi connectivity index (χ4n) is 3.09. The summed E-state index contributed by atoms with van der Waals surface area (Å²) in [7, 11) is 0. The molecule has 25 heavy (non-hydrogen) atoms. The molecule has 1 fully saturated rings. The van der Waals surface area contributed by atoms with Crippen molar-refractivity contribution < 1.29 is 33.8 Å². The Morgan fingerprint density at radius 3 is 1.80 bits per heavy atom. The van der Waals surface area contributed by atoms with Crippen LogP contribution in [0.25, 0.3) is 0 Å². The zero-order chi connectivity index (χ0) is 18.6. The number of ether oxygens (including phenoxy) is 2. The van der Waals surface area contributed by atoms with Crippen molar-refractivity contribution in [2.45, 2.75) is 26.2 Å². The van der Waals surface area contributed by atoms with Gasteiger partial charge in [-0.1, -0.05) is 12.1 Å². The number of benzene rings is 1. The van der Waals surface area contributed by atoms with Gasteiger partial charge in [-0.05, 0) is 31.5 Å². The van der Waals surface area contributed by atoms with Gasteiger partial charge >= 0.3 is 11.9 Å². The van der Waals surface area contributed by atoms with E-state index in [9.17, 15) is 24.3 Å². The van der Waals surface area contributed by atoms with Crippen molar-refractivity contribution in [1.82, 2.24) is 0 Å². The molecule has 0 aliphatic heterocycles. The van der Waals surface area contributed by atoms with Crippen molar-refractivity contribution in [2.24, 2.45) is 11.8 Å². The monoisotopic (exact) mass is 348 g/mol. The van der Waals surface area contributed by atoms with E-state index in [2.05, 4.69) is 0 Å². The van der Waals surface area contributed by atoms with Crippen LogP contribution in [0.1, 0.15) is 31.7 Å². The normalized spacial score (nSPS) is 23.2. The second-order valence-corrected chi connectivity index (χ2v) is 5.69. The molecule has 0 amide bonds. The number of hydrogen-bond donors (Lipinski definition) is 1. The van der Waals surface area contributed by atoms with Crippen molar-refractivity contribution in [3.63, 3.8) is 0 Å². The van der Waals surface area contributed by atoms with Crippen molar-refractivity contribution in [3.05, 3.63) is 29.8 Å². The Morgan fingerprint density at radius 2 is 1.40 bits per heavy atom. The molecule has 7 heteroatoms. The molecule has 134 valence electrons. The molecule has 0 radical (unpaired) electrons. The van der Waals surface area contributed by atoms with Gasteiger partial charge in [-0.25, -0.2) is 0 Å². The van der Waals surface area contributed by atoms with E-state index in [0.29, 0.717) is 5.56 Å². The highest BCUT2D eigenvalue weighted by atomic mass is 16.5. The van der Waals surface area contributed by atoms with E-state index in [1.807, 2.05) is 0 Å². The van der Waals surface area contributed by atoms with Crippen molar-refractivity contribution in [2.75, 3.05) is 13.2 Å². The van der Waals surface area contributed by atoms with Crippen LogP contribution in [0.5, 0.6) is 5.75 Å². The predicted octanol–water partition coefficient (Wildman–Crippen LogP) is 1.38.